The molecule has 4 heteroatoms. The molecule has 0 amide bonds. The van der Waals surface area contributed by atoms with Gasteiger partial charge in [-0.25, -0.2) is 4.39 Å². The predicted octanol–water partition coefficient (Wildman–Crippen LogP) is 3.11. The van der Waals surface area contributed by atoms with Crippen LogP contribution in [0.5, 0.6) is 0 Å². The van der Waals surface area contributed by atoms with E-state index in [9.17, 15) is 4.39 Å². The van der Waals surface area contributed by atoms with Crippen molar-refractivity contribution in [2.24, 2.45) is 5.73 Å². The number of nitrogens with two attached hydrogens (primary N) is 1. The molecule has 1 aromatic rings. The third-order valence-corrected chi connectivity index (χ3v) is 4.65. The van der Waals surface area contributed by atoms with Gasteiger partial charge in [-0.3, -0.25) is 0 Å². The second kappa shape index (κ2) is 5.38. The molecule has 2 N–H and O–H groups in total. The molecule has 0 aromatic heterocycles. The predicted molar refractivity (Wildman–Crippen MR) is 68.7 cm³/mol. The first-order chi connectivity index (χ1) is 8.09. The second-order valence-corrected chi connectivity index (χ2v) is 5.72. The maximum absolute atomic E-state index is 13.9. The van der Waals surface area contributed by atoms with Crippen LogP contribution in [0.15, 0.2) is 23.1 Å². The number of hydrogen-bond donors (Lipinski definition) is 1. The molecule has 1 saturated heterocycles. The number of thioether (sulfide) groups is 1. The minimum atomic E-state index is -0.177. The Labute approximate surface area is 106 Å². The van der Waals surface area contributed by atoms with Gasteiger partial charge in [-0.1, -0.05) is 12.1 Å². The Morgan fingerprint density at radius 1 is 1.53 bits per heavy atom. The van der Waals surface area contributed by atoms with Crippen LogP contribution in [0.2, 0.25) is 0 Å². The molecule has 1 aliphatic heterocycles. The van der Waals surface area contributed by atoms with Crippen LogP contribution in [-0.2, 0) is 4.74 Å². The second-order valence-electron chi connectivity index (χ2n) is 4.47. The molecule has 0 bridgehead atoms. The number of ether oxygens (including phenoxy) is 1. The van der Waals surface area contributed by atoms with Crippen LogP contribution in [0.4, 0.5) is 4.39 Å². The van der Waals surface area contributed by atoms with Crippen molar-refractivity contribution in [3.8, 4) is 0 Å². The van der Waals surface area contributed by atoms with Crippen LogP contribution in [0.25, 0.3) is 0 Å². The molecule has 1 aromatic carbocycles. The Bertz CT molecular complexity index is 397. The lowest BCUT2D eigenvalue weighted by Crippen LogP contribution is -2.15. The highest BCUT2D eigenvalue weighted by molar-refractivity contribution is 8.00. The Morgan fingerprint density at radius 2 is 2.29 bits per heavy atom. The van der Waals surface area contributed by atoms with E-state index in [4.69, 9.17) is 10.5 Å². The lowest BCUT2D eigenvalue weighted by molar-refractivity contribution is 0.127. The maximum Gasteiger partial charge on any atom is 0.137 e. The smallest absolute Gasteiger partial charge is 0.137 e. The van der Waals surface area contributed by atoms with Crippen LogP contribution in [0.1, 0.15) is 31.9 Å². The van der Waals surface area contributed by atoms with Crippen molar-refractivity contribution in [1.82, 2.24) is 0 Å². The molecule has 17 heavy (non-hydrogen) atoms. The molecule has 0 spiro atoms. The highest BCUT2D eigenvalue weighted by Crippen LogP contribution is 2.37. The minimum absolute atomic E-state index is 0.147. The van der Waals surface area contributed by atoms with Crippen LogP contribution in [-0.4, -0.2) is 18.0 Å². The van der Waals surface area contributed by atoms with E-state index in [0.29, 0.717) is 10.1 Å². The van der Waals surface area contributed by atoms with Crippen molar-refractivity contribution in [1.29, 1.82) is 0 Å². The van der Waals surface area contributed by atoms with Gasteiger partial charge in [0.05, 0.1) is 6.10 Å². The summed E-state index contributed by atoms with van der Waals surface area (Å²) in [5, 5.41) is 0.324. The van der Waals surface area contributed by atoms with Gasteiger partial charge in [-0.15, -0.1) is 11.8 Å². The molecule has 94 valence electrons. The zero-order valence-electron chi connectivity index (χ0n) is 10.2. The molecule has 0 radical (unpaired) electrons. The summed E-state index contributed by atoms with van der Waals surface area (Å²) < 4.78 is 19.4. The summed E-state index contributed by atoms with van der Waals surface area (Å²) in [6, 6.07) is 4.96. The number of rotatable bonds is 3. The van der Waals surface area contributed by atoms with Gasteiger partial charge < -0.3 is 10.5 Å². The maximum atomic E-state index is 13.9. The molecular weight excluding hydrogens is 237 g/mol. The van der Waals surface area contributed by atoms with Crippen molar-refractivity contribution in [3.05, 3.63) is 29.6 Å². The van der Waals surface area contributed by atoms with Crippen molar-refractivity contribution in [3.63, 3.8) is 0 Å². The van der Waals surface area contributed by atoms with Crippen LogP contribution < -0.4 is 5.73 Å². The summed E-state index contributed by atoms with van der Waals surface area (Å²) in [5.41, 5.74) is 6.76. The van der Waals surface area contributed by atoms with Gasteiger partial charge in [-0.05, 0) is 31.9 Å². The lowest BCUT2D eigenvalue weighted by Gasteiger charge is -2.18. The van der Waals surface area contributed by atoms with E-state index in [-0.39, 0.29) is 18.0 Å². The summed E-state index contributed by atoms with van der Waals surface area (Å²) >= 11 is 1.56. The first kappa shape index (κ1) is 12.9. The van der Waals surface area contributed by atoms with Gasteiger partial charge in [0.1, 0.15) is 5.82 Å². The summed E-state index contributed by atoms with van der Waals surface area (Å²) in [7, 11) is 0. The van der Waals surface area contributed by atoms with E-state index < -0.39 is 0 Å². The van der Waals surface area contributed by atoms with Gasteiger partial charge >= 0.3 is 0 Å². The first-order valence-electron chi connectivity index (χ1n) is 5.92. The van der Waals surface area contributed by atoms with E-state index in [2.05, 4.69) is 0 Å². The van der Waals surface area contributed by atoms with E-state index in [1.165, 1.54) is 6.07 Å². The quantitative estimate of drug-likeness (QED) is 0.901. The Balaban J connectivity index is 2.24. The largest absolute Gasteiger partial charge is 0.377 e. The summed E-state index contributed by atoms with van der Waals surface area (Å²) in [6.45, 7) is 4.69. The van der Waals surface area contributed by atoms with E-state index in [0.717, 1.165) is 18.6 Å². The Morgan fingerprint density at radius 3 is 2.88 bits per heavy atom. The highest BCUT2D eigenvalue weighted by atomic mass is 32.2. The third kappa shape index (κ3) is 2.81. The van der Waals surface area contributed by atoms with Gasteiger partial charge in [0, 0.05) is 22.8 Å². The molecule has 3 atom stereocenters. The molecule has 1 fully saturated rings. The van der Waals surface area contributed by atoms with Crippen molar-refractivity contribution < 1.29 is 9.13 Å². The summed E-state index contributed by atoms with van der Waals surface area (Å²) in [5.74, 6) is -0.177. The Hall–Kier alpha value is -0.580. The average Bonchev–Trinajstić information content (AvgIpc) is 2.67. The molecular formula is C13H18FNOS. The van der Waals surface area contributed by atoms with E-state index in [1.807, 2.05) is 19.9 Å². The Kier molecular flexibility index (Phi) is 4.07. The summed E-state index contributed by atoms with van der Waals surface area (Å²) in [4.78, 5) is 0.685. The monoisotopic (exact) mass is 255 g/mol. The van der Waals surface area contributed by atoms with Gasteiger partial charge in [0.25, 0.3) is 0 Å². The molecule has 2 unspecified atom stereocenters. The standard InChI is InChI=1S/C13H18FNOS/c1-8(15)10-4-3-5-11(14)13(10)17-12-6-7-16-9(12)2/h3-5,8-9,12H,6-7,15H2,1-2H3/t8-,9?,12?/m0/s1. The van der Waals surface area contributed by atoms with E-state index >= 15 is 0 Å². The fraction of sp³-hybridized carbons (Fsp3) is 0.538. The van der Waals surface area contributed by atoms with E-state index in [1.54, 1.807) is 17.8 Å². The fourth-order valence-corrected chi connectivity index (χ4v) is 3.38. The average molecular weight is 255 g/mol. The molecule has 2 nitrogen and oxygen atoms in total. The van der Waals surface area contributed by atoms with Crippen LogP contribution in [0, 0.1) is 5.82 Å². The van der Waals surface area contributed by atoms with Crippen molar-refractivity contribution in [2.45, 2.75) is 42.6 Å². The topological polar surface area (TPSA) is 35.2 Å². The van der Waals surface area contributed by atoms with Crippen molar-refractivity contribution in [2.75, 3.05) is 6.61 Å². The SMILES string of the molecule is CC1OCCC1Sc1c(F)cccc1[C@H](C)N. The zero-order chi connectivity index (χ0) is 12.4. The fourth-order valence-electron chi connectivity index (χ4n) is 2.03. The molecule has 0 aliphatic carbocycles. The lowest BCUT2D eigenvalue weighted by atomic mass is 10.1. The third-order valence-electron chi connectivity index (χ3n) is 3.06. The molecule has 1 aliphatic rings. The zero-order valence-corrected chi connectivity index (χ0v) is 11.0. The highest BCUT2D eigenvalue weighted by Gasteiger charge is 2.27. The van der Waals surface area contributed by atoms with Gasteiger partial charge in [0.2, 0.25) is 0 Å². The van der Waals surface area contributed by atoms with Gasteiger partial charge in [0.15, 0.2) is 0 Å². The normalized spacial score (nSPS) is 26.1. The van der Waals surface area contributed by atoms with Crippen LogP contribution in [0.3, 0.4) is 0 Å². The van der Waals surface area contributed by atoms with Gasteiger partial charge in [-0.2, -0.15) is 0 Å². The minimum Gasteiger partial charge on any atom is -0.377 e. The van der Waals surface area contributed by atoms with Crippen molar-refractivity contribution >= 4 is 11.8 Å². The first-order valence-corrected chi connectivity index (χ1v) is 6.80. The van der Waals surface area contributed by atoms with Crippen LogP contribution >= 0.6 is 11.8 Å². The number of benzene rings is 1. The number of halogens is 1. The molecule has 0 saturated carbocycles. The number of hydrogen-bond acceptors (Lipinski definition) is 3. The molecule has 1 heterocycles. The summed E-state index contributed by atoms with van der Waals surface area (Å²) in [6.07, 6.45) is 1.15. The molecule has 2 rings (SSSR count).